The lowest BCUT2D eigenvalue weighted by Gasteiger charge is -2.13. The second-order valence-corrected chi connectivity index (χ2v) is 5.23. The molecule has 112 valence electrons. The minimum atomic E-state index is -1.25. The van der Waals surface area contributed by atoms with E-state index in [1.54, 1.807) is 6.92 Å². The minimum Gasteiger partial charge on any atom is -0.337 e. The van der Waals surface area contributed by atoms with Gasteiger partial charge in [0.2, 0.25) is 0 Å². The van der Waals surface area contributed by atoms with Gasteiger partial charge in [-0.05, 0) is 6.92 Å². The number of benzene rings is 1. The lowest BCUT2D eigenvalue weighted by Crippen LogP contribution is -2.06. The Kier molecular flexibility index (Phi) is 4.37. The molecule has 2 rings (SSSR count). The molecule has 1 heterocycles. The number of anilines is 2. The molecule has 3 nitrogen and oxygen atoms in total. The Hall–Kier alpha value is -1.82. The van der Waals surface area contributed by atoms with Gasteiger partial charge < -0.3 is 5.32 Å². The predicted octanol–water partition coefficient (Wildman–Crippen LogP) is 4.72. The smallest absolute Gasteiger partial charge is 0.161 e. The molecule has 21 heavy (non-hydrogen) atoms. The van der Waals surface area contributed by atoms with Crippen LogP contribution in [0.5, 0.6) is 0 Å². The molecule has 0 unspecified atom stereocenters. The van der Waals surface area contributed by atoms with Crippen molar-refractivity contribution in [2.24, 2.45) is 0 Å². The topological polar surface area (TPSA) is 37.8 Å². The summed E-state index contributed by atoms with van der Waals surface area (Å²) < 4.78 is 39.8. The molecule has 0 atom stereocenters. The summed E-state index contributed by atoms with van der Waals surface area (Å²) in [6.07, 6.45) is 0. The van der Waals surface area contributed by atoms with Crippen molar-refractivity contribution >= 4 is 23.1 Å². The SMILES string of the molecule is Cc1c(Cl)nc(C(C)C)nc1Nc1cc(F)c(F)cc1F. The standard InChI is InChI=1S/C14H13ClF3N3/c1-6(2)13-20-12(15)7(3)14(21-13)19-11-5-9(17)8(16)4-10(11)18/h4-6H,1-3H3,(H,19,20,21). The van der Waals surface area contributed by atoms with Crippen LogP contribution in [-0.2, 0) is 0 Å². The summed E-state index contributed by atoms with van der Waals surface area (Å²) in [4.78, 5) is 8.35. The molecule has 0 bridgehead atoms. The van der Waals surface area contributed by atoms with Gasteiger partial charge in [0.15, 0.2) is 11.6 Å². The fraction of sp³-hybridized carbons (Fsp3) is 0.286. The van der Waals surface area contributed by atoms with Gasteiger partial charge in [-0.15, -0.1) is 0 Å². The molecular formula is C14H13ClF3N3. The van der Waals surface area contributed by atoms with Crippen molar-refractivity contribution in [2.45, 2.75) is 26.7 Å². The molecule has 0 fully saturated rings. The number of halogens is 4. The highest BCUT2D eigenvalue weighted by Gasteiger charge is 2.15. The fourth-order valence-corrected chi connectivity index (χ4v) is 1.81. The van der Waals surface area contributed by atoms with E-state index in [1.807, 2.05) is 13.8 Å². The van der Waals surface area contributed by atoms with E-state index in [4.69, 9.17) is 11.6 Å². The highest BCUT2D eigenvalue weighted by atomic mass is 35.5. The lowest BCUT2D eigenvalue weighted by molar-refractivity contribution is 0.496. The number of nitrogens with one attached hydrogen (secondary N) is 1. The second-order valence-electron chi connectivity index (χ2n) is 4.87. The van der Waals surface area contributed by atoms with E-state index in [-0.39, 0.29) is 22.6 Å². The van der Waals surface area contributed by atoms with E-state index in [1.165, 1.54) is 0 Å². The monoisotopic (exact) mass is 315 g/mol. The third-order valence-corrected chi connectivity index (χ3v) is 3.25. The molecule has 2 aromatic rings. The van der Waals surface area contributed by atoms with Crippen LogP contribution in [-0.4, -0.2) is 9.97 Å². The summed E-state index contributed by atoms with van der Waals surface area (Å²) in [5, 5.41) is 2.85. The quantitative estimate of drug-likeness (QED) is 0.657. The van der Waals surface area contributed by atoms with Gasteiger partial charge in [-0.25, -0.2) is 23.1 Å². The Morgan fingerprint density at radius 2 is 1.67 bits per heavy atom. The molecule has 0 saturated heterocycles. The first kappa shape index (κ1) is 15.6. The van der Waals surface area contributed by atoms with Crippen LogP contribution in [0.2, 0.25) is 5.15 Å². The Morgan fingerprint density at radius 1 is 1.05 bits per heavy atom. The van der Waals surface area contributed by atoms with E-state index < -0.39 is 17.5 Å². The molecule has 1 aromatic heterocycles. The van der Waals surface area contributed by atoms with Gasteiger partial charge in [-0.2, -0.15) is 0 Å². The third kappa shape index (κ3) is 3.26. The van der Waals surface area contributed by atoms with Gasteiger partial charge >= 0.3 is 0 Å². The highest BCUT2D eigenvalue weighted by Crippen LogP contribution is 2.27. The zero-order chi connectivity index (χ0) is 15.7. The van der Waals surface area contributed by atoms with Crippen LogP contribution in [0.1, 0.15) is 31.2 Å². The van der Waals surface area contributed by atoms with Crippen LogP contribution in [0.4, 0.5) is 24.7 Å². The summed E-state index contributed by atoms with van der Waals surface area (Å²) in [5.74, 6) is -2.59. The molecule has 7 heteroatoms. The van der Waals surface area contributed by atoms with Crippen LogP contribution in [0.3, 0.4) is 0 Å². The molecular weight excluding hydrogens is 303 g/mol. The normalized spacial score (nSPS) is 11.0. The third-order valence-electron chi connectivity index (χ3n) is 2.88. The predicted molar refractivity (Wildman–Crippen MR) is 75.5 cm³/mol. The van der Waals surface area contributed by atoms with Crippen molar-refractivity contribution in [3.8, 4) is 0 Å². The van der Waals surface area contributed by atoms with E-state index in [0.29, 0.717) is 17.5 Å². The first-order valence-electron chi connectivity index (χ1n) is 6.25. The molecule has 1 N–H and O–H groups in total. The van der Waals surface area contributed by atoms with Crippen LogP contribution < -0.4 is 5.32 Å². The number of hydrogen-bond donors (Lipinski definition) is 1. The zero-order valence-corrected chi connectivity index (χ0v) is 12.4. The summed E-state index contributed by atoms with van der Waals surface area (Å²) in [5.41, 5.74) is 0.270. The Labute approximate surface area is 125 Å². The van der Waals surface area contributed by atoms with E-state index >= 15 is 0 Å². The summed E-state index contributed by atoms with van der Waals surface area (Å²) >= 11 is 6.01. The Bertz CT molecular complexity index is 690. The molecule has 0 aliphatic heterocycles. The number of hydrogen-bond acceptors (Lipinski definition) is 3. The van der Waals surface area contributed by atoms with Gasteiger partial charge in [-0.3, -0.25) is 0 Å². The van der Waals surface area contributed by atoms with Gasteiger partial charge in [-0.1, -0.05) is 25.4 Å². The summed E-state index contributed by atoms with van der Waals surface area (Å²) in [7, 11) is 0. The van der Waals surface area contributed by atoms with Crippen LogP contribution in [0.25, 0.3) is 0 Å². The fourth-order valence-electron chi connectivity index (χ4n) is 1.63. The molecule has 0 aliphatic carbocycles. The van der Waals surface area contributed by atoms with Crippen LogP contribution in [0.15, 0.2) is 12.1 Å². The zero-order valence-electron chi connectivity index (χ0n) is 11.6. The van der Waals surface area contributed by atoms with Crippen LogP contribution in [0, 0.1) is 24.4 Å². The molecule has 1 aromatic carbocycles. The maximum Gasteiger partial charge on any atom is 0.161 e. The number of aromatic nitrogens is 2. The number of rotatable bonds is 3. The van der Waals surface area contributed by atoms with Crippen molar-refractivity contribution in [1.82, 2.24) is 9.97 Å². The van der Waals surface area contributed by atoms with E-state index in [2.05, 4.69) is 15.3 Å². The Morgan fingerprint density at radius 3 is 2.29 bits per heavy atom. The maximum atomic E-state index is 13.7. The van der Waals surface area contributed by atoms with Crippen molar-refractivity contribution in [3.63, 3.8) is 0 Å². The second kappa shape index (κ2) is 5.89. The highest BCUT2D eigenvalue weighted by molar-refractivity contribution is 6.30. The van der Waals surface area contributed by atoms with Crippen molar-refractivity contribution in [3.05, 3.63) is 46.1 Å². The first-order chi connectivity index (χ1) is 9.79. The minimum absolute atomic E-state index is 0.0125. The van der Waals surface area contributed by atoms with E-state index in [0.717, 1.165) is 6.07 Å². The molecule has 0 aliphatic rings. The lowest BCUT2D eigenvalue weighted by atomic mass is 10.2. The largest absolute Gasteiger partial charge is 0.337 e. The summed E-state index contributed by atoms with van der Waals surface area (Å²) in [6, 6.07) is 1.20. The average Bonchev–Trinajstić information content (AvgIpc) is 2.40. The molecule has 0 radical (unpaired) electrons. The van der Waals surface area contributed by atoms with Gasteiger partial charge in [0.25, 0.3) is 0 Å². The molecule has 0 saturated carbocycles. The van der Waals surface area contributed by atoms with Gasteiger partial charge in [0.1, 0.15) is 22.6 Å². The first-order valence-corrected chi connectivity index (χ1v) is 6.63. The average molecular weight is 316 g/mol. The van der Waals surface area contributed by atoms with E-state index in [9.17, 15) is 13.2 Å². The van der Waals surface area contributed by atoms with Crippen molar-refractivity contribution < 1.29 is 13.2 Å². The molecule has 0 amide bonds. The van der Waals surface area contributed by atoms with Gasteiger partial charge in [0.05, 0.1) is 5.69 Å². The Balaban J connectivity index is 2.46. The summed E-state index contributed by atoms with van der Waals surface area (Å²) in [6.45, 7) is 5.40. The molecule has 0 spiro atoms. The number of nitrogens with zero attached hydrogens (tertiary/aromatic N) is 2. The van der Waals surface area contributed by atoms with Crippen molar-refractivity contribution in [2.75, 3.05) is 5.32 Å². The maximum absolute atomic E-state index is 13.7. The van der Waals surface area contributed by atoms with Gasteiger partial charge in [0, 0.05) is 23.6 Å². The van der Waals surface area contributed by atoms with Crippen molar-refractivity contribution in [1.29, 1.82) is 0 Å². The van der Waals surface area contributed by atoms with Crippen LogP contribution >= 0.6 is 11.6 Å².